The highest BCUT2D eigenvalue weighted by molar-refractivity contribution is 6.04. The van der Waals surface area contributed by atoms with Crippen LogP contribution >= 0.6 is 0 Å². The van der Waals surface area contributed by atoms with Gasteiger partial charge in [0.15, 0.2) is 0 Å². The van der Waals surface area contributed by atoms with Gasteiger partial charge in [-0.3, -0.25) is 18.8 Å². The Hall–Kier alpha value is -6.63. The number of benzene rings is 2. The first-order valence-electron chi connectivity index (χ1n) is 13.9. The Balaban J connectivity index is 1.18. The van der Waals surface area contributed by atoms with Crippen LogP contribution in [0.4, 0.5) is 15.8 Å². The number of rotatable bonds is 7. The van der Waals surface area contributed by atoms with Gasteiger partial charge in [-0.1, -0.05) is 12.1 Å². The zero-order valence-corrected chi connectivity index (χ0v) is 24.1. The highest BCUT2D eigenvalue weighted by atomic mass is 19.1. The molecule has 0 bridgehead atoms. The SMILES string of the molecule is Cn1cc(-c2oc3ncnc(Oc4ccc(NC(=O)c5cccn(-c6ccc(F)nc6)c5=O)cc4)c3c2-c2cccc(N)c2)cn1. The molecule has 12 nitrogen and oxygen atoms in total. The quantitative estimate of drug-likeness (QED) is 0.172. The van der Waals surface area contributed by atoms with Crippen LogP contribution in [0.3, 0.4) is 0 Å². The predicted octanol–water partition coefficient (Wildman–Crippen LogP) is 5.60. The van der Waals surface area contributed by atoms with Crippen LogP contribution in [-0.4, -0.2) is 35.2 Å². The number of fused-ring (bicyclic) bond motifs is 1. The van der Waals surface area contributed by atoms with Crippen molar-refractivity contribution in [2.75, 3.05) is 11.1 Å². The molecule has 3 N–H and O–H groups in total. The molecule has 5 heterocycles. The minimum atomic E-state index is -0.677. The number of aromatic nitrogens is 6. The molecule has 0 aliphatic carbocycles. The van der Waals surface area contributed by atoms with Gasteiger partial charge in [0, 0.05) is 36.4 Å². The maximum absolute atomic E-state index is 13.3. The fraction of sp³-hybridized carbons (Fsp3) is 0.0303. The number of amides is 1. The van der Waals surface area contributed by atoms with E-state index in [9.17, 15) is 14.0 Å². The number of nitrogen functional groups attached to an aromatic ring is 1. The second-order valence-corrected chi connectivity index (χ2v) is 10.2. The summed E-state index contributed by atoms with van der Waals surface area (Å²) in [5, 5.41) is 7.55. The van der Waals surface area contributed by atoms with E-state index >= 15 is 0 Å². The molecule has 226 valence electrons. The van der Waals surface area contributed by atoms with Crippen LogP contribution < -0.4 is 21.3 Å². The van der Waals surface area contributed by atoms with Gasteiger partial charge in [0.2, 0.25) is 17.5 Å². The van der Waals surface area contributed by atoms with E-state index in [1.807, 2.05) is 31.4 Å². The highest BCUT2D eigenvalue weighted by Gasteiger charge is 2.24. The summed E-state index contributed by atoms with van der Waals surface area (Å²) in [5.74, 6) is -0.0884. The molecular weight excluding hydrogens is 591 g/mol. The Morgan fingerprint density at radius 3 is 2.57 bits per heavy atom. The molecule has 0 radical (unpaired) electrons. The summed E-state index contributed by atoms with van der Waals surface area (Å²) in [7, 11) is 1.81. The van der Waals surface area contributed by atoms with Crippen molar-refractivity contribution in [3.63, 3.8) is 0 Å². The van der Waals surface area contributed by atoms with Crippen molar-refractivity contribution in [3.8, 4) is 39.8 Å². The molecule has 5 aromatic heterocycles. The van der Waals surface area contributed by atoms with Crippen LogP contribution in [0.5, 0.6) is 11.6 Å². The van der Waals surface area contributed by atoms with Crippen molar-refractivity contribution in [2.45, 2.75) is 0 Å². The Bertz CT molecular complexity index is 2290. The first kappa shape index (κ1) is 28.2. The van der Waals surface area contributed by atoms with E-state index in [1.54, 1.807) is 47.3 Å². The molecule has 7 aromatic rings. The van der Waals surface area contributed by atoms with Crippen LogP contribution in [0, 0.1) is 5.95 Å². The van der Waals surface area contributed by atoms with E-state index in [-0.39, 0.29) is 11.4 Å². The maximum Gasteiger partial charge on any atom is 0.267 e. The van der Waals surface area contributed by atoms with Crippen LogP contribution in [-0.2, 0) is 7.05 Å². The molecule has 0 spiro atoms. The fourth-order valence-corrected chi connectivity index (χ4v) is 4.99. The molecule has 0 saturated carbocycles. The standard InChI is InChI=1S/C33H23FN8O4/c1-41-17-20(15-39-41)29-27(19-4-2-5-21(35)14-19)28-31(37-18-38-32(28)46-29)45-24-10-7-22(8-11-24)40-30(43)25-6-3-13-42(33(25)44)23-9-12-26(34)36-16-23/h2-18H,35H2,1H3,(H,40,43). The number of hydrogen-bond donors (Lipinski definition) is 2. The van der Waals surface area contributed by atoms with Crippen LogP contribution in [0.15, 0.2) is 113 Å². The number of aryl methyl sites for hydroxylation is 1. The Morgan fingerprint density at radius 2 is 1.83 bits per heavy atom. The third kappa shape index (κ3) is 5.32. The number of furan rings is 1. The summed E-state index contributed by atoms with van der Waals surface area (Å²) in [6, 6.07) is 19.4. The fourth-order valence-electron chi connectivity index (χ4n) is 4.99. The Morgan fingerprint density at radius 1 is 0.978 bits per heavy atom. The van der Waals surface area contributed by atoms with E-state index in [0.717, 1.165) is 17.2 Å². The summed E-state index contributed by atoms with van der Waals surface area (Å²) in [4.78, 5) is 38.4. The van der Waals surface area contributed by atoms with Crippen molar-refractivity contribution < 1.29 is 18.3 Å². The predicted molar refractivity (Wildman–Crippen MR) is 168 cm³/mol. The molecule has 0 aliphatic heterocycles. The molecule has 1 amide bonds. The molecule has 13 heteroatoms. The first-order chi connectivity index (χ1) is 22.3. The minimum absolute atomic E-state index is 0.103. The van der Waals surface area contributed by atoms with Crippen LogP contribution in [0.25, 0.3) is 39.2 Å². The van der Waals surface area contributed by atoms with Gasteiger partial charge < -0.3 is 20.2 Å². The molecule has 0 atom stereocenters. The average Bonchev–Trinajstić information content (AvgIpc) is 3.67. The second kappa shape index (κ2) is 11.5. The number of anilines is 2. The zero-order chi connectivity index (χ0) is 31.8. The van der Waals surface area contributed by atoms with E-state index in [0.29, 0.717) is 45.2 Å². The van der Waals surface area contributed by atoms with Crippen LogP contribution in [0.2, 0.25) is 0 Å². The normalized spacial score (nSPS) is 11.1. The van der Waals surface area contributed by atoms with Gasteiger partial charge in [-0.05, 0) is 66.2 Å². The molecule has 2 aromatic carbocycles. The van der Waals surface area contributed by atoms with Gasteiger partial charge in [0.1, 0.15) is 28.8 Å². The summed E-state index contributed by atoms with van der Waals surface area (Å²) in [6.45, 7) is 0. The highest BCUT2D eigenvalue weighted by Crippen LogP contribution is 2.44. The van der Waals surface area contributed by atoms with Crippen molar-refractivity contribution >= 4 is 28.4 Å². The topological polar surface area (TPSA) is 156 Å². The molecule has 0 fully saturated rings. The molecule has 0 aliphatic rings. The molecule has 0 unspecified atom stereocenters. The van der Waals surface area contributed by atoms with Gasteiger partial charge in [-0.15, -0.1) is 0 Å². The lowest BCUT2D eigenvalue weighted by Crippen LogP contribution is -2.27. The van der Waals surface area contributed by atoms with Gasteiger partial charge in [0.25, 0.3) is 11.5 Å². The van der Waals surface area contributed by atoms with Crippen molar-refractivity contribution in [3.05, 3.63) is 126 Å². The van der Waals surface area contributed by atoms with E-state index in [2.05, 4.69) is 25.4 Å². The number of nitrogens with zero attached hydrogens (tertiary/aromatic N) is 6. The lowest BCUT2D eigenvalue weighted by atomic mass is 10.0. The number of hydrogen-bond acceptors (Lipinski definition) is 9. The number of carbonyl (C=O) groups excluding carboxylic acids is 1. The van der Waals surface area contributed by atoms with E-state index in [4.69, 9.17) is 14.9 Å². The third-order valence-corrected chi connectivity index (χ3v) is 7.10. The maximum atomic E-state index is 13.3. The summed E-state index contributed by atoms with van der Waals surface area (Å²) >= 11 is 0. The van der Waals surface area contributed by atoms with Gasteiger partial charge in [-0.25, -0.2) is 15.0 Å². The number of ether oxygens (including phenoxy) is 1. The number of nitrogens with one attached hydrogen (secondary N) is 1. The van der Waals surface area contributed by atoms with E-state index < -0.39 is 17.4 Å². The molecule has 0 saturated heterocycles. The lowest BCUT2D eigenvalue weighted by Gasteiger charge is -2.10. The largest absolute Gasteiger partial charge is 0.438 e. The number of halogens is 1. The molecular formula is C33H23FN8O4. The van der Waals surface area contributed by atoms with Gasteiger partial charge in [-0.2, -0.15) is 9.49 Å². The van der Waals surface area contributed by atoms with Crippen LogP contribution in [0.1, 0.15) is 10.4 Å². The minimum Gasteiger partial charge on any atom is -0.438 e. The summed E-state index contributed by atoms with van der Waals surface area (Å²) in [5.41, 5.74) is 9.29. The smallest absolute Gasteiger partial charge is 0.267 e. The summed E-state index contributed by atoms with van der Waals surface area (Å²) in [6.07, 6.45) is 7.56. The molecule has 46 heavy (non-hydrogen) atoms. The summed E-state index contributed by atoms with van der Waals surface area (Å²) < 4.78 is 28.6. The van der Waals surface area contributed by atoms with Gasteiger partial charge in [0.05, 0.1) is 23.6 Å². The zero-order valence-electron chi connectivity index (χ0n) is 24.1. The Labute approximate surface area is 259 Å². The number of carbonyl (C=O) groups is 1. The van der Waals surface area contributed by atoms with Crippen molar-refractivity contribution in [2.24, 2.45) is 7.05 Å². The average molecular weight is 615 g/mol. The van der Waals surface area contributed by atoms with Gasteiger partial charge >= 0.3 is 0 Å². The molecule has 7 rings (SSSR count). The Kier molecular flexibility index (Phi) is 7.02. The monoisotopic (exact) mass is 614 g/mol. The second-order valence-electron chi connectivity index (χ2n) is 10.2. The number of nitrogens with two attached hydrogens (primary N) is 1. The first-order valence-corrected chi connectivity index (χ1v) is 13.9. The number of pyridine rings is 2. The third-order valence-electron chi connectivity index (χ3n) is 7.10. The van der Waals surface area contributed by atoms with Crippen molar-refractivity contribution in [1.82, 2.24) is 29.3 Å². The van der Waals surface area contributed by atoms with E-state index in [1.165, 1.54) is 35.4 Å². The van der Waals surface area contributed by atoms with Crippen molar-refractivity contribution in [1.29, 1.82) is 0 Å². The lowest BCUT2D eigenvalue weighted by molar-refractivity contribution is 0.102.